The molecule has 0 aliphatic heterocycles. The molecule has 1 aromatic rings. The number of hydrogen-bond acceptors (Lipinski definition) is 3. The predicted molar refractivity (Wildman–Crippen MR) is 106 cm³/mol. The Labute approximate surface area is 158 Å². The number of aliphatic hydroxyl groups excluding tert-OH is 1. The third kappa shape index (κ3) is 2.88. The van der Waals surface area contributed by atoms with Crippen LogP contribution in [0.3, 0.4) is 0 Å². The van der Waals surface area contributed by atoms with Gasteiger partial charge in [0.15, 0.2) is 0 Å². The van der Waals surface area contributed by atoms with E-state index in [2.05, 4.69) is 37.4 Å². The zero-order valence-electron chi connectivity index (χ0n) is 16.6. The molecule has 0 amide bonds. The zero-order valence-corrected chi connectivity index (χ0v) is 16.6. The van der Waals surface area contributed by atoms with Crippen molar-refractivity contribution < 1.29 is 9.84 Å². The van der Waals surface area contributed by atoms with Gasteiger partial charge in [0.1, 0.15) is 5.75 Å². The number of fused-ring (bicyclic) bond motifs is 5. The Bertz CT molecular complexity index is 645. The Balaban J connectivity index is 1.56. The summed E-state index contributed by atoms with van der Waals surface area (Å²) in [4.78, 5) is 0. The maximum absolute atomic E-state index is 11.1. The first-order valence-electron chi connectivity index (χ1n) is 10.6. The number of methoxy groups -OCH3 is 1. The van der Waals surface area contributed by atoms with Crippen LogP contribution in [0.15, 0.2) is 18.2 Å². The SMILES string of the molecule is CCCNC[C@H]1C[C@H]2[C@@H]3CCc4cc(OC)ccc4[C@H]3CC[C@]2(C)[C@H]1O. The van der Waals surface area contributed by atoms with E-state index in [1.54, 1.807) is 12.7 Å². The fourth-order valence-electron chi connectivity index (χ4n) is 6.50. The van der Waals surface area contributed by atoms with Gasteiger partial charge in [-0.05, 0) is 97.4 Å². The number of hydrogen-bond donors (Lipinski definition) is 2. The van der Waals surface area contributed by atoms with Gasteiger partial charge in [-0.1, -0.05) is 19.9 Å². The molecular formula is C23H35NO2. The molecule has 4 rings (SSSR count). The summed E-state index contributed by atoms with van der Waals surface area (Å²) >= 11 is 0. The maximum atomic E-state index is 11.1. The molecule has 2 saturated carbocycles. The van der Waals surface area contributed by atoms with Crippen LogP contribution in [0.5, 0.6) is 5.75 Å². The minimum Gasteiger partial charge on any atom is -0.497 e. The largest absolute Gasteiger partial charge is 0.497 e. The van der Waals surface area contributed by atoms with Crippen molar-refractivity contribution in [1.29, 1.82) is 0 Å². The predicted octanol–water partition coefficient (Wildman–Crippen LogP) is 4.14. The average molecular weight is 358 g/mol. The van der Waals surface area contributed by atoms with E-state index in [0.29, 0.717) is 17.8 Å². The number of benzene rings is 1. The Morgan fingerprint density at radius 3 is 2.92 bits per heavy atom. The van der Waals surface area contributed by atoms with Crippen molar-refractivity contribution in [3.8, 4) is 5.75 Å². The van der Waals surface area contributed by atoms with E-state index in [9.17, 15) is 5.11 Å². The number of aryl methyl sites for hydroxylation is 1. The van der Waals surface area contributed by atoms with E-state index >= 15 is 0 Å². The lowest BCUT2D eigenvalue weighted by molar-refractivity contribution is -0.0324. The quantitative estimate of drug-likeness (QED) is 0.778. The normalized spacial score (nSPS) is 38.4. The molecule has 2 fully saturated rings. The van der Waals surface area contributed by atoms with Crippen LogP contribution in [0.25, 0.3) is 0 Å². The Hall–Kier alpha value is -1.06. The van der Waals surface area contributed by atoms with Gasteiger partial charge in [0.05, 0.1) is 13.2 Å². The highest BCUT2D eigenvalue weighted by Crippen LogP contribution is 2.62. The number of aliphatic hydroxyl groups is 1. The van der Waals surface area contributed by atoms with Gasteiger partial charge in [-0.15, -0.1) is 0 Å². The van der Waals surface area contributed by atoms with Crippen LogP contribution in [0.4, 0.5) is 0 Å². The van der Waals surface area contributed by atoms with E-state index in [1.165, 1.54) is 24.8 Å². The monoisotopic (exact) mass is 357 g/mol. The summed E-state index contributed by atoms with van der Waals surface area (Å²) < 4.78 is 5.44. The van der Waals surface area contributed by atoms with Gasteiger partial charge in [-0.25, -0.2) is 0 Å². The van der Waals surface area contributed by atoms with Gasteiger partial charge in [0, 0.05) is 6.54 Å². The van der Waals surface area contributed by atoms with Crippen molar-refractivity contribution in [1.82, 2.24) is 5.32 Å². The van der Waals surface area contributed by atoms with Crippen LogP contribution < -0.4 is 10.1 Å². The van der Waals surface area contributed by atoms with Gasteiger partial charge < -0.3 is 15.2 Å². The summed E-state index contributed by atoms with van der Waals surface area (Å²) in [5.41, 5.74) is 3.17. The molecule has 1 aromatic carbocycles. The van der Waals surface area contributed by atoms with Gasteiger partial charge in [0.25, 0.3) is 0 Å². The minimum atomic E-state index is -0.143. The van der Waals surface area contributed by atoms with Crippen molar-refractivity contribution in [2.75, 3.05) is 20.2 Å². The minimum absolute atomic E-state index is 0.115. The van der Waals surface area contributed by atoms with Crippen LogP contribution in [0.1, 0.15) is 63.0 Å². The molecule has 0 heterocycles. The van der Waals surface area contributed by atoms with Gasteiger partial charge >= 0.3 is 0 Å². The Morgan fingerprint density at radius 2 is 2.15 bits per heavy atom. The van der Waals surface area contributed by atoms with E-state index in [0.717, 1.165) is 44.0 Å². The average Bonchev–Trinajstić information content (AvgIpc) is 2.92. The van der Waals surface area contributed by atoms with Crippen molar-refractivity contribution >= 4 is 0 Å². The van der Waals surface area contributed by atoms with E-state index in [4.69, 9.17) is 4.74 Å². The first-order chi connectivity index (χ1) is 12.6. The number of nitrogens with one attached hydrogen (secondary N) is 1. The summed E-state index contributed by atoms with van der Waals surface area (Å²) in [5, 5.41) is 14.7. The lowest BCUT2D eigenvalue weighted by atomic mass is 9.55. The molecule has 144 valence electrons. The van der Waals surface area contributed by atoms with Crippen molar-refractivity contribution in [3.05, 3.63) is 29.3 Å². The number of rotatable bonds is 5. The molecule has 2 N–H and O–H groups in total. The van der Waals surface area contributed by atoms with E-state index in [1.807, 2.05) is 0 Å². The molecule has 6 atom stereocenters. The summed E-state index contributed by atoms with van der Waals surface area (Å²) in [6, 6.07) is 6.70. The maximum Gasteiger partial charge on any atom is 0.119 e. The lowest BCUT2D eigenvalue weighted by Gasteiger charge is -2.50. The molecular weight excluding hydrogens is 322 g/mol. The first-order valence-corrected chi connectivity index (χ1v) is 10.6. The molecule has 3 heteroatoms. The molecule has 26 heavy (non-hydrogen) atoms. The third-order valence-electron chi connectivity index (χ3n) is 7.88. The van der Waals surface area contributed by atoms with E-state index < -0.39 is 0 Å². The van der Waals surface area contributed by atoms with Crippen molar-refractivity contribution in [2.45, 2.75) is 64.4 Å². The molecule has 0 radical (unpaired) electrons. The fraction of sp³-hybridized carbons (Fsp3) is 0.739. The van der Waals surface area contributed by atoms with Crippen LogP contribution >= 0.6 is 0 Å². The van der Waals surface area contributed by atoms with Gasteiger partial charge in [-0.2, -0.15) is 0 Å². The fourth-order valence-corrected chi connectivity index (χ4v) is 6.50. The first kappa shape index (κ1) is 18.3. The standard InChI is InChI=1S/C23H35NO2/c1-4-11-24-14-16-13-21-20-7-5-15-12-17(26-3)6-8-18(15)19(20)9-10-23(21,2)22(16)25/h6,8,12,16,19-22,24-25H,4-5,7,9-11,13-14H2,1-3H3/t16-,19-,20-,21+,22+,23+/m1/s1. The molecule has 3 nitrogen and oxygen atoms in total. The highest BCUT2D eigenvalue weighted by atomic mass is 16.5. The molecule has 0 saturated heterocycles. The second-order valence-electron chi connectivity index (χ2n) is 9.17. The van der Waals surface area contributed by atoms with Crippen LogP contribution in [-0.2, 0) is 6.42 Å². The summed E-state index contributed by atoms with van der Waals surface area (Å²) in [6.07, 6.45) is 7.03. The topological polar surface area (TPSA) is 41.5 Å². The smallest absolute Gasteiger partial charge is 0.119 e. The van der Waals surface area contributed by atoms with Crippen molar-refractivity contribution in [3.63, 3.8) is 0 Å². The van der Waals surface area contributed by atoms with Crippen LogP contribution in [-0.4, -0.2) is 31.4 Å². The lowest BCUT2D eigenvalue weighted by Crippen LogP contribution is -2.44. The summed E-state index contributed by atoms with van der Waals surface area (Å²) in [6.45, 7) is 6.62. The second-order valence-corrected chi connectivity index (χ2v) is 9.17. The summed E-state index contributed by atoms with van der Waals surface area (Å²) in [5.74, 6) is 3.49. The highest BCUT2D eigenvalue weighted by molar-refractivity contribution is 5.40. The molecule has 0 bridgehead atoms. The molecule has 0 spiro atoms. The van der Waals surface area contributed by atoms with E-state index in [-0.39, 0.29) is 11.5 Å². The second kappa shape index (κ2) is 7.16. The molecule has 3 aliphatic carbocycles. The van der Waals surface area contributed by atoms with Crippen molar-refractivity contribution in [2.24, 2.45) is 23.2 Å². The zero-order chi connectivity index (χ0) is 18.3. The summed E-state index contributed by atoms with van der Waals surface area (Å²) in [7, 11) is 1.76. The Kier molecular flexibility index (Phi) is 5.04. The molecule has 0 aromatic heterocycles. The van der Waals surface area contributed by atoms with Crippen LogP contribution in [0.2, 0.25) is 0 Å². The highest BCUT2D eigenvalue weighted by Gasteiger charge is 2.57. The number of ether oxygens (including phenoxy) is 1. The Morgan fingerprint density at radius 1 is 1.31 bits per heavy atom. The van der Waals surface area contributed by atoms with Gasteiger partial charge in [-0.3, -0.25) is 0 Å². The van der Waals surface area contributed by atoms with Crippen LogP contribution in [0, 0.1) is 23.2 Å². The molecule has 3 aliphatic rings. The molecule has 0 unspecified atom stereocenters. The third-order valence-corrected chi connectivity index (χ3v) is 7.88. The van der Waals surface area contributed by atoms with Gasteiger partial charge in [0.2, 0.25) is 0 Å².